The Balaban J connectivity index is 2.00. The molecule has 25 heavy (non-hydrogen) atoms. The summed E-state index contributed by atoms with van der Waals surface area (Å²) in [6.07, 6.45) is 1.61. The van der Waals surface area contributed by atoms with E-state index in [2.05, 4.69) is 6.07 Å². The molecule has 0 aliphatic rings. The highest BCUT2D eigenvalue weighted by molar-refractivity contribution is 6.43. The van der Waals surface area contributed by atoms with Crippen LogP contribution in [0.15, 0.2) is 52.9 Å². The van der Waals surface area contributed by atoms with E-state index in [-0.39, 0.29) is 0 Å². The number of rotatable bonds is 3. The smallest absolute Gasteiger partial charge is 0.136 e. The quantitative estimate of drug-likeness (QED) is 0.417. The van der Waals surface area contributed by atoms with Crippen LogP contribution in [0.1, 0.15) is 11.3 Å². The Morgan fingerprint density at radius 2 is 1.76 bits per heavy atom. The van der Waals surface area contributed by atoms with E-state index in [9.17, 15) is 5.26 Å². The summed E-state index contributed by atoms with van der Waals surface area (Å²) in [6.45, 7) is 0. The van der Waals surface area contributed by atoms with Gasteiger partial charge in [-0.3, -0.25) is 0 Å². The van der Waals surface area contributed by atoms with Gasteiger partial charge in [0, 0.05) is 16.1 Å². The van der Waals surface area contributed by atoms with E-state index in [1.54, 1.807) is 48.5 Å². The van der Waals surface area contributed by atoms with Crippen molar-refractivity contribution in [3.63, 3.8) is 0 Å². The molecular formula is C19H9Cl4NO. The predicted octanol–water partition coefficient (Wildman–Crippen LogP) is 7.62. The molecule has 6 heteroatoms. The second-order valence-corrected chi connectivity index (χ2v) is 6.73. The number of hydrogen-bond acceptors (Lipinski definition) is 2. The minimum absolute atomic E-state index is 0.361. The van der Waals surface area contributed by atoms with Crippen molar-refractivity contribution in [1.82, 2.24) is 0 Å². The third-order valence-corrected chi connectivity index (χ3v) is 4.84. The summed E-state index contributed by atoms with van der Waals surface area (Å²) in [5, 5.41) is 11.2. The van der Waals surface area contributed by atoms with Gasteiger partial charge in [0.15, 0.2) is 0 Å². The Bertz CT molecular complexity index is 1010. The molecule has 1 heterocycles. The van der Waals surface area contributed by atoms with Crippen molar-refractivity contribution in [3.8, 4) is 17.4 Å². The zero-order chi connectivity index (χ0) is 18.0. The molecule has 124 valence electrons. The normalized spacial score (nSPS) is 11.4. The number of hydrogen-bond donors (Lipinski definition) is 0. The molecule has 2 nitrogen and oxygen atoms in total. The van der Waals surface area contributed by atoms with Crippen molar-refractivity contribution in [1.29, 1.82) is 5.26 Å². The average Bonchev–Trinajstić information content (AvgIpc) is 3.04. The molecule has 0 fully saturated rings. The molecule has 0 atom stereocenters. The lowest BCUT2D eigenvalue weighted by Crippen LogP contribution is -1.83. The van der Waals surface area contributed by atoms with Gasteiger partial charge in [0.2, 0.25) is 0 Å². The lowest BCUT2D eigenvalue weighted by atomic mass is 10.1. The number of furan rings is 1. The Morgan fingerprint density at radius 1 is 0.960 bits per heavy atom. The van der Waals surface area contributed by atoms with Gasteiger partial charge >= 0.3 is 0 Å². The van der Waals surface area contributed by atoms with Crippen LogP contribution in [0.25, 0.3) is 23.0 Å². The molecular weight excluding hydrogens is 400 g/mol. The molecule has 0 aliphatic carbocycles. The van der Waals surface area contributed by atoms with Crippen molar-refractivity contribution in [3.05, 3.63) is 79.9 Å². The number of nitriles is 1. The van der Waals surface area contributed by atoms with Gasteiger partial charge in [-0.15, -0.1) is 0 Å². The summed E-state index contributed by atoms with van der Waals surface area (Å²) < 4.78 is 5.78. The molecule has 3 rings (SSSR count). The monoisotopic (exact) mass is 407 g/mol. The van der Waals surface area contributed by atoms with Gasteiger partial charge in [0.25, 0.3) is 0 Å². The van der Waals surface area contributed by atoms with Gasteiger partial charge in [-0.05, 0) is 42.5 Å². The molecule has 0 radical (unpaired) electrons. The fourth-order valence-corrected chi connectivity index (χ4v) is 3.19. The maximum Gasteiger partial charge on any atom is 0.136 e. The topological polar surface area (TPSA) is 36.9 Å². The fraction of sp³-hybridized carbons (Fsp3) is 0. The van der Waals surface area contributed by atoms with Crippen LogP contribution in [0.5, 0.6) is 0 Å². The van der Waals surface area contributed by atoms with E-state index >= 15 is 0 Å². The van der Waals surface area contributed by atoms with Crippen molar-refractivity contribution in [2.75, 3.05) is 0 Å². The zero-order valence-electron chi connectivity index (χ0n) is 12.6. The standard InChI is InChI=1S/C19H9Cl4NO/c20-12-4-6-14(17(22)9-12)11(10-24)8-13-5-7-18(25-13)15-2-1-3-16(21)19(15)23/h1-9H/b11-8+. The first-order valence-corrected chi connectivity index (χ1v) is 8.62. The molecule has 0 saturated heterocycles. The highest BCUT2D eigenvalue weighted by Crippen LogP contribution is 2.35. The third kappa shape index (κ3) is 3.86. The summed E-state index contributed by atoms with van der Waals surface area (Å²) >= 11 is 24.3. The third-order valence-electron chi connectivity index (χ3n) is 3.47. The van der Waals surface area contributed by atoms with Gasteiger partial charge in [-0.2, -0.15) is 5.26 Å². The largest absolute Gasteiger partial charge is 0.457 e. The van der Waals surface area contributed by atoms with Gasteiger partial charge in [0.1, 0.15) is 11.5 Å². The van der Waals surface area contributed by atoms with E-state index in [1.807, 2.05) is 6.07 Å². The first-order chi connectivity index (χ1) is 12.0. The van der Waals surface area contributed by atoms with E-state index < -0.39 is 0 Å². The minimum Gasteiger partial charge on any atom is -0.457 e. The van der Waals surface area contributed by atoms with E-state index in [0.717, 1.165) is 0 Å². The second-order valence-electron chi connectivity index (χ2n) is 5.10. The van der Waals surface area contributed by atoms with Crippen LogP contribution in [0.4, 0.5) is 0 Å². The molecule has 0 N–H and O–H groups in total. The SMILES string of the molecule is N#C/C(=C\c1ccc(-c2cccc(Cl)c2Cl)o1)c1ccc(Cl)cc1Cl. The van der Waals surface area contributed by atoms with Crippen LogP contribution in [0.3, 0.4) is 0 Å². The highest BCUT2D eigenvalue weighted by atomic mass is 35.5. The fourth-order valence-electron chi connectivity index (χ4n) is 2.29. The van der Waals surface area contributed by atoms with E-state index in [1.165, 1.54) is 0 Å². The highest BCUT2D eigenvalue weighted by Gasteiger charge is 2.12. The van der Waals surface area contributed by atoms with Gasteiger partial charge < -0.3 is 4.42 Å². The summed E-state index contributed by atoms with van der Waals surface area (Å²) in [5.41, 5.74) is 1.61. The van der Waals surface area contributed by atoms with Crippen LogP contribution in [-0.4, -0.2) is 0 Å². The van der Waals surface area contributed by atoms with Gasteiger partial charge in [0.05, 0.1) is 26.7 Å². The Kier molecular flexibility index (Phi) is 5.42. The Labute approximate surface area is 164 Å². The molecule has 0 bridgehead atoms. The molecule has 0 saturated carbocycles. The number of allylic oxidation sites excluding steroid dienone is 1. The van der Waals surface area contributed by atoms with Gasteiger partial charge in [-0.25, -0.2) is 0 Å². The Morgan fingerprint density at radius 3 is 2.48 bits per heavy atom. The van der Waals surface area contributed by atoms with Gasteiger partial charge in [-0.1, -0.05) is 58.5 Å². The first kappa shape index (κ1) is 17.9. The molecule has 1 aromatic heterocycles. The summed E-state index contributed by atoms with van der Waals surface area (Å²) in [4.78, 5) is 0. The Hall–Kier alpha value is -1.89. The molecule has 0 aliphatic heterocycles. The first-order valence-electron chi connectivity index (χ1n) is 7.11. The van der Waals surface area contributed by atoms with Crippen molar-refractivity contribution in [2.45, 2.75) is 0 Å². The second kappa shape index (κ2) is 7.56. The molecule has 3 aromatic rings. The van der Waals surface area contributed by atoms with Crippen LogP contribution in [0, 0.1) is 11.3 Å². The predicted molar refractivity (Wildman–Crippen MR) is 104 cm³/mol. The zero-order valence-corrected chi connectivity index (χ0v) is 15.6. The maximum atomic E-state index is 9.45. The van der Waals surface area contributed by atoms with Crippen molar-refractivity contribution >= 4 is 58.1 Å². The van der Waals surface area contributed by atoms with Crippen molar-refractivity contribution < 1.29 is 4.42 Å². The molecule has 2 aromatic carbocycles. The molecule has 0 unspecified atom stereocenters. The lowest BCUT2D eigenvalue weighted by Gasteiger charge is -2.03. The average molecular weight is 409 g/mol. The number of benzene rings is 2. The maximum absolute atomic E-state index is 9.45. The summed E-state index contributed by atoms with van der Waals surface area (Å²) in [6, 6.07) is 15.9. The minimum atomic E-state index is 0.361. The van der Waals surface area contributed by atoms with E-state index in [0.29, 0.717) is 48.3 Å². The summed E-state index contributed by atoms with van der Waals surface area (Å²) in [5.74, 6) is 1.05. The summed E-state index contributed by atoms with van der Waals surface area (Å²) in [7, 11) is 0. The lowest BCUT2D eigenvalue weighted by molar-refractivity contribution is 0.572. The molecule has 0 amide bonds. The van der Waals surface area contributed by atoms with Crippen LogP contribution >= 0.6 is 46.4 Å². The van der Waals surface area contributed by atoms with Crippen molar-refractivity contribution in [2.24, 2.45) is 0 Å². The molecule has 0 spiro atoms. The van der Waals surface area contributed by atoms with Crippen LogP contribution < -0.4 is 0 Å². The number of halogens is 4. The number of nitrogens with zero attached hydrogens (tertiary/aromatic N) is 1. The van der Waals surface area contributed by atoms with Crippen LogP contribution in [0.2, 0.25) is 20.1 Å². The van der Waals surface area contributed by atoms with Crippen LogP contribution in [-0.2, 0) is 0 Å². The van der Waals surface area contributed by atoms with E-state index in [4.69, 9.17) is 50.8 Å².